The van der Waals surface area contributed by atoms with E-state index in [1.807, 2.05) is 11.6 Å². The van der Waals surface area contributed by atoms with Crippen LogP contribution in [-0.2, 0) is 6.42 Å². The van der Waals surface area contributed by atoms with Crippen LogP contribution in [0, 0.1) is 0 Å². The Balaban J connectivity index is 1.82. The van der Waals surface area contributed by atoms with E-state index < -0.39 is 0 Å². The van der Waals surface area contributed by atoms with Crippen LogP contribution < -0.4 is 10.6 Å². The fourth-order valence-electron chi connectivity index (χ4n) is 2.81. The standard InChI is InChI=1S/C12H15N5S/c1-2-8-10(13-4-1)16-17-9(3-5-14-11(8)17)12-15-6-7-18-12/h6-7,9,14H,1-5H2,(H,13,16). The zero-order chi connectivity index (χ0) is 11.9. The lowest BCUT2D eigenvalue weighted by atomic mass is 10.1. The highest BCUT2D eigenvalue weighted by molar-refractivity contribution is 7.09. The summed E-state index contributed by atoms with van der Waals surface area (Å²) in [6.45, 7) is 2.04. The summed E-state index contributed by atoms with van der Waals surface area (Å²) in [5, 5.41) is 14.8. The van der Waals surface area contributed by atoms with Crippen LogP contribution in [0.2, 0.25) is 0 Å². The van der Waals surface area contributed by atoms with E-state index in [9.17, 15) is 0 Å². The molecule has 2 aromatic heterocycles. The number of fused-ring (bicyclic) bond motifs is 3. The highest BCUT2D eigenvalue weighted by Gasteiger charge is 2.29. The van der Waals surface area contributed by atoms with Gasteiger partial charge in [-0.2, -0.15) is 5.10 Å². The maximum Gasteiger partial charge on any atom is 0.153 e. The zero-order valence-corrected chi connectivity index (χ0v) is 10.8. The Labute approximate surface area is 109 Å². The van der Waals surface area contributed by atoms with Crippen molar-refractivity contribution in [3.63, 3.8) is 0 Å². The second-order valence-corrected chi connectivity index (χ2v) is 5.68. The first-order valence-electron chi connectivity index (χ1n) is 6.42. The van der Waals surface area contributed by atoms with E-state index in [1.165, 1.54) is 17.8 Å². The zero-order valence-electron chi connectivity index (χ0n) is 10.0. The molecule has 0 spiro atoms. The Morgan fingerprint density at radius 3 is 3.22 bits per heavy atom. The summed E-state index contributed by atoms with van der Waals surface area (Å²) in [5.41, 5.74) is 1.35. The van der Waals surface area contributed by atoms with Crippen LogP contribution in [0.25, 0.3) is 0 Å². The molecule has 2 N–H and O–H groups in total. The number of anilines is 2. The van der Waals surface area contributed by atoms with Crippen LogP contribution in [0.4, 0.5) is 11.6 Å². The molecular formula is C12H15N5S. The van der Waals surface area contributed by atoms with Crippen LogP contribution in [-0.4, -0.2) is 27.9 Å². The molecule has 0 aromatic carbocycles. The minimum absolute atomic E-state index is 0.300. The molecule has 4 rings (SSSR count). The molecule has 1 unspecified atom stereocenters. The van der Waals surface area contributed by atoms with Crippen LogP contribution in [0.3, 0.4) is 0 Å². The number of thiazole rings is 1. The van der Waals surface area contributed by atoms with Crippen molar-refractivity contribution < 1.29 is 0 Å². The van der Waals surface area contributed by atoms with E-state index in [1.54, 1.807) is 11.3 Å². The van der Waals surface area contributed by atoms with E-state index in [0.717, 1.165) is 36.8 Å². The third-order valence-electron chi connectivity index (χ3n) is 3.65. The van der Waals surface area contributed by atoms with E-state index in [4.69, 9.17) is 5.10 Å². The van der Waals surface area contributed by atoms with Crippen molar-refractivity contribution in [2.75, 3.05) is 23.7 Å². The van der Waals surface area contributed by atoms with Crippen molar-refractivity contribution in [2.24, 2.45) is 0 Å². The summed E-state index contributed by atoms with van der Waals surface area (Å²) in [7, 11) is 0. The SMILES string of the molecule is c1csc(C2CCNc3c4c(nn32)NCCC4)n1. The minimum Gasteiger partial charge on any atom is -0.370 e. The van der Waals surface area contributed by atoms with Crippen LogP contribution in [0.1, 0.15) is 29.5 Å². The molecular weight excluding hydrogens is 246 g/mol. The largest absolute Gasteiger partial charge is 0.370 e. The van der Waals surface area contributed by atoms with Crippen molar-refractivity contribution in [2.45, 2.75) is 25.3 Å². The van der Waals surface area contributed by atoms with E-state index in [0.29, 0.717) is 6.04 Å². The Morgan fingerprint density at radius 1 is 1.33 bits per heavy atom. The van der Waals surface area contributed by atoms with Gasteiger partial charge < -0.3 is 10.6 Å². The Hall–Kier alpha value is -1.56. The number of hydrogen-bond acceptors (Lipinski definition) is 5. The lowest BCUT2D eigenvalue weighted by Crippen LogP contribution is -2.24. The first-order valence-corrected chi connectivity index (χ1v) is 7.30. The summed E-state index contributed by atoms with van der Waals surface area (Å²) in [4.78, 5) is 4.45. The van der Waals surface area contributed by atoms with Gasteiger partial charge >= 0.3 is 0 Å². The van der Waals surface area contributed by atoms with Crippen molar-refractivity contribution in [3.05, 3.63) is 22.1 Å². The highest BCUT2D eigenvalue weighted by Crippen LogP contribution is 2.37. The first kappa shape index (κ1) is 10.4. The Bertz CT molecular complexity index is 559. The van der Waals surface area contributed by atoms with Gasteiger partial charge in [0.2, 0.25) is 0 Å². The normalized spacial score (nSPS) is 21.7. The molecule has 94 valence electrons. The fraction of sp³-hybridized carbons (Fsp3) is 0.500. The van der Waals surface area contributed by atoms with Crippen molar-refractivity contribution >= 4 is 23.0 Å². The summed E-state index contributed by atoms with van der Waals surface area (Å²) < 4.78 is 2.13. The lowest BCUT2D eigenvalue weighted by Gasteiger charge is -2.24. The van der Waals surface area contributed by atoms with Gasteiger partial charge in [-0.1, -0.05) is 0 Å². The van der Waals surface area contributed by atoms with Gasteiger partial charge in [0, 0.05) is 30.2 Å². The molecule has 0 amide bonds. The van der Waals surface area contributed by atoms with Gasteiger partial charge in [-0.15, -0.1) is 11.3 Å². The van der Waals surface area contributed by atoms with Gasteiger partial charge in [0.05, 0.1) is 0 Å². The third-order valence-corrected chi connectivity index (χ3v) is 4.52. The van der Waals surface area contributed by atoms with E-state index in [2.05, 4.69) is 20.3 Å². The van der Waals surface area contributed by atoms with Crippen LogP contribution in [0.5, 0.6) is 0 Å². The molecule has 5 nitrogen and oxygen atoms in total. The number of aromatic nitrogens is 3. The van der Waals surface area contributed by atoms with E-state index in [-0.39, 0.29) is 0 Å². The predicted octanol–water partition coefficient (Wildman–Crippen LogP) is 2.10. The van der Waals surface area contributed by atoms with Crippen LogP contribution >= 0.6 is 11.3 Å². The van der Waals surface area contributed by atoms with Gasteiger partial charge in [-0.25, -0.2) is 9.67 Å². The second kappa shape index (κ2) is 3.98. The maximum absolute atomic E-state index is 4.74. The van der Waals surface area contributed by atoms with Crippen LogP contribution in [0.15, 0.2) is 11.6 Å². The molecule has 18 heavy (non-hydrogen) atoms. The Morgan fingerprint density at radius 2 is 2.33 bits per heavy atom. The van der Waals surface area contributed by atoms with Gasteiger partial charge in [-0.05, 0) is 19.3 Å². The average Bonchev–Trinajstić information content (AvgIpc) is 3.05. The molecule has 4 heterocycles. The number of hydrogen-bond donors (Lipinski definition) is 2. The second-order valence-electron chi connectivity index (χ2n) is 4.75. The summed E-state index contributed by atoms with van der Waals surface area (Å²) in [6, 6.07) is 0.300. The average molecular weight is 261 g/mol. The summed E-state index contributed by atoms with van der Waals surface area (Å²) in [5.74, 6) is 2.26. The van der Waals surface area contributed by atoms with Crippen molar-refractivity contribution in [1.29, 1.82) is 0 Å². The molecule has 2 aliphatic heterocycles. The van der Waals surface area contributed by atoms with Crippen molar-refractivity contribution in [1.82, 2.24) is 14.8 Å². The molecule has 0 saturated carbocycles. The topological polar surface area (TPSA) is 54.8 Å². The quantitative estimate of drug-likeness (QED) is 0.825. The van der Waals surface area contributed by atoms with Gasteiger partial charge in [0.15, 0.2) is 5.82 Å². The smallest absolute Gasteiger partial charge is 0.153 e. The molecule has 0 saturated heterocycles. The number of rotatable bonds is 1. The maximum atomic E-state index is 4.74. The number of nitrogens with one attached hydrogen (secondary N) is 2. The third kappa shape index (κ3) is 1.45. The molecule has 1 atom stereocenters. The van der Waals surface area contributed by atoms with Gasteiger partial charge in [0.1, 0.15) is 16.9 Å². The lowest BCUT2D eigenvalue weighted by molar-refractivity contribution is 0.481. The van der Waals surface area contributed by atoms with Gasteiger partial charge in [0.25, 0.3) is 0 Å². The minimum atomic E-state index is 0.300. The molecule has 0 bridgehead atoms. The van der Waals surface area contributed by atoms with Gasteiger partial charge in [-0.3, -0.25) is 0 Å². The molecule has 6 heteroatoms. The first-order chi connectivity index (χ1) is 8.93. The highest BCUT2D eigenvalue weighted by atomic mass is 32.1. The predicted molar refractivity (Wildman–Crippen MR) is 72.4 cm³/mol. The monoisotopic (exact) mass is 261 g/mol. The molecule has 2 aliphatic rings. The van der Waals surface area contributed by atoms with Crippen molar-refractivity contribution in [3.8, 4) is 0 Å². The summed E-state index contributed by atoms with van der Waals surface area (Å²) >= 11 is 1.72. The molecule has 0 aliphatic carbocycles. The molecule has 0 radical (unpaired) electrons. The Kier molecular flexibility index (Phi) is 2.29. The summed E-state index contributed by atoms with van der Waals surface area (Å²) in [6.07, 6.45) is 5.25. The van der Waals surface area contributed by atoms with E-state index >= 15 is 0 Å². The molecule has 2 aromatic rings. The molecule has 0 fully saturated rings. The number of nitrogens with zero attached hydrogens (tertiary/aromatic N) is 3. The fourth-order valence-corrected chi connectivity index (χ4v) is 3.57.